The fourth-order valence-electron chi connectivity index (χ4n) is 5.32. The van der Waals surface area contributed by atoms with Crippen molar-refractivity contribution in [1.29, 1.82) is 0 Å². The zero-order chi connectivity index (χ0) is 15.0. The molecule has 0 spiro atoms. The van der Waals surface area contributed by atoms with Crippen LogP contribution in [0.3, 0.4) is 0 Å². The van der Waals surface area contributed by atoms with Crippen LogP contribution in [0.15, 0.2) is 12.7 Å². The van der Waals surface area contributed by atoms with E-state index < -0.39 is 5.60 Å². The molecule has 0 heterocycles. The quantitative estimate of drug-likeness (QED) is 0.688. The first-order chi connectivity index (χ1) is 9.21. The van der Waals surface area contributed by atoms with E-state index in [1.165, 1.54) is 38.5 Å². The second-order valence-corrected chi connectivity index (χ2v) is 8.63. The highest BCUT2D eigenvalue weighted by Gasteiger charge is 2.51. The summed E-state index contributed by atoms with van der Waals surface area (Å²) in [6.45, 7) is 13.2. The Labute approximate surface area is 125 Å². The molecule has 2 aliphatic carbocycles. The third-order valence-corrected chi connectivity index (χ3v) is 6.69. The molecule has 2 rings (SSSR count). The van der Waals surface area contributed by atoms with Crippen LogP contribution < -0.4 is 0 Å². The van der Waals surface area contributed by atoms with Crippen LogP contribution in [0, 0.1) is 22.7 Å². The molecule has 0 aromatic rings. The molecule has 20 heavy (non-hydrogen) atoms. The monoisotopic (exact) mass is 278 g/mol. The van der Waals surface area contributed by atoms with Crippen LogP contribution in [-0.2, 0) is 0 Å². The third kappa shape index (κ3) is 2.98. The Morgan fingerprint density at radius 1 is 1.20 bits per heavy atom. The van der Waals surface area contributed by atoms with Crippen molar-refractivity contribution in [1.82, 2.24) is 0 Å². The maximum Gasteiger partial charge on any atom is 0.0797 e. The second-order valence-electron chi connectivity index (χ2n) is 8.63. The highest BCUT2D eigenvalue weighted by molar-refractivity contribution is 5.02. The zero-order valence-corrected chi connectivity index (χ0v) is 14.0. The summed E-state index contributed by atoms with van der Waals surface area (Å²) in [4.78, 5) is 0. The molecule has 0 bridgehead atoms. The Balaban J connectivity index is 2.11. The Kier molecular flexibility index (Phi) is 4.40. The predicted molar refractivity (Wildman–Crippen MR) is 86.6 cm³/mol. The van der Waals surface area contributed by atoms with Crippen molar-refractivity contribution < 1.29 is 5.11 Å². The predicted octanol–water partition coefficient (Wildman–Crippen LogP) is 5.34. The molecule has 2 fully saturated rings. The summed E-state index contributed by atoms with van der Waals surface area (Å²) in [5, 5.41) is 10.2. The molecule has 0 aromatic heterocycles. The van der Waals surface area contributed by atoms with Crippen molar-refractivity contribution in [3.05, 3.63) is 12.7 Å². The van der Waals surface area contributed by atoms with Crippen LogP contribution in [-0.4, -0.2) is 10.7 Å². The van der Waals surface area contributed by atoms with Crippen LogP contribution in [0.25, 0.3) is 0 Å². The number of rotatable bonds is 4. The lowest BCUT2D eigenvalue weighted by molar-refractivity contribution is -0.0792. The van der Waals surface area contributed by atoms with Gasteiger partial charge in [-0.1, -0.05) is 39.7 Å². The molecule has 0 aliphatic heterocycles. The van der Waals surface area contributed by atoms with Gasteiger partial charge in [0.1, 0.15) is 0 Å². The van der Waals surface area contributed by atoms with E-state index in [0.717, 1.165) is 24.7 Å². The molecule has 1 heteroatoms. The lowest BCUT2D eigenvalue weighted by Crippen LogP contribution is -2.49. The van der Waals surface area contributed by atoms with Crippen LogP contribution in [0.5, 0.6) is 0 Å². The normalized spacial score (nSPS) is 39.6. The molecular weight excluding hydrogens is 244 g/mol. The van der Waals surface area contributed by atoms with Gasteiger partial charge in [0.25, 0.3) is 0 Å². The van der Waals surface area contributed by atoms with Crippen molar-refractivity contribution in [3.8, 4) is 0 Å². The van der Waals surface area contributed by atoms with E-state index in [2.05, 4.69) is 27.4 Å². The van der Waals surface area contributed by atoms with Gasteiger partial charge in [-0.2, -0.15) is 0 Å². The van der Waals surface area contributed by atoms with Crippen molar-refractivity contribution in [2.45, 2.75) is 84.7 Å². The van der Waals surface area contributed by atoms with Crippen LogP contribution in [0.2, 0.25) is 0 Å². The van der Waals surface area contributed by atoms with Gasteiger partial charge < -0.3 is 5.11 Å². The molecule has 1 nitrogen and oxygen atoms in total. The number of hydrogen-bond donors (Lipinski definition) is 1. The van der Waals surface area contributed by atoms with Crippen molar-refractivity contribution in [3.63, 3.8) is 0 Å². The van der Waals surface area contributed by atoms with E-state index >= 15 is 0 Å². The first-order valence-corrected chi connectivity index (χ1v) is 8.57. The summed E-state index contributed by atoms with van der Waals surface area (Å²) in [6, 6.07) is 0. The van der Waals surface area contributed by atoms with E-state index in [-0.39, 0.29) is 0 Å². The molecule has 116 valence electrons. The van der Waals surface area contributed by atoms with Gasteiger partial charge in [0, 0.05) is 0 Å². The van der Waals surface area contributed by atoms with E-state index in [9.17, 15) is 5.11 Å². The second kappa shape index (κ2) is 5.48. The molecule has 0 aromatic carbocycles. The summed E-state index contributed by atoms with van der Waals surface area (Å²) in [5.41, 5.74) is 0.317. The number of aliphatic hydroxyl groups is 1. The Morgan fingerprint density at radius 3 is 2.55 bits per heavy atom. The Bertz CT molecular complexity index is 355. The lowest BCUT2D eigenvalue weighted by atomic mass is 9.48. The minimum atomic E-state index is -0.687. The van der Waals surface area contributed by atoms with E-state index in [1.54, 1.807) is 6.08 Å². The highest BCUT2D eigenvalue weighted by Crippen LogP contribution is 2.60. The number of hydrogen-bond acceptors (Lipinski definition) is 1. The maximum atomic E-state index is 10.2. The van der Waals surface area contributed by atoms with Crippen LogP contribution >= 0.6 is 0 Å². The van der Waals surface area contributed by atoms with Gasteiger partial charge in [-0.05, 0) is 68.1 Å². The minimum Gasteiger partial charge on any atom is -0.386 e. The smallest absolute Gasteiger partial charge is 0.0797 e. The number of fused-ring (bicyclic) bond motifs is 1. The van der Waals surface area contributed by atoms with Crippen molar-refractivity contribution in [2.75, 3.05) is 0 Å². The molecule has 2 aliphatic rings. The topological polar surface area (TPSA) is 20.2 Å². The summed E-state index contributed by atoms with van der Waals surface area (Å²) in [5.74, 6) is 1.66. The van der Waals surface area contributed by atoms with Crippen LogP contribution in [0.4, 0.5) is 0 Å². The Hall–Kier alpha value is -0.300. The average molecular weight is 278 g/mol. The molecule has 0 radical (unpaired) electrons. The minimum absolute atomic E-state index is 0.497. The molecule has 4 atom stereocenters. The SMILES string of the molecule is C=C[C@](C)(O)CC[C@@H]1CCC[C@@H]2C(C)(C)CCC[C@@]12C. The molecule has 2 saturated carbocycles. The van der Waals surface area contributed by atoms with E-state index in [1.807, 2.05) is 6.92 Å². The molecule has 0 unspecified atom stereocenters. The molecule has 1 N–H and O–H groups in total. The van der Waals surface area contributed by atoms with Gasteiger partial charge in [0.2, 0.25) is 0 Å². The fourth-order valence-corrected chi connectivity index (χ4v) is 5.32. The van der Waals surface area contributed by atoms with Gasteiger partial charge in [-0.25, -0.2) is 0 Å². The first kappa shape index (κ1) is 16.1. The van der Waals surface area contributed by atoms with Crippen LogP contribution in [0.1, 0.15) is 79.1 Å². The molecule has 0 amide bonds. The van der Waals surface area contributed by atoms with E-state index in [0.29, 0.717) is 10.8 Å². The largest absolute Gasteiger partial charge is 0.386 e. The van der Waals surface area contributed by atoms with E-state index in [4.69, 9.17) is 0 Å². The maximum absolute atomic E-state index is 10.2. The third-order valence-electron chi connectivity index (χ3n) is 6.69. The molecular formula is C19H34O. The average Bonchev–Trinajstić information content (AvgIpc) is 2.36. The van der Waals surface area contributed by atoms with Gasteiger partial charge in [0.05, 0.1) is 5.60 Å². The lowest BCUT2D eigenvalue weighted by Gasteiger charge is -2.57. The van der Waals surface area contributed by atoms with Crippen molar-refractivity contribution >= 4 is 0 Å². The van der Waals surface area contributed by atoms with Gasteiger partial charge in [0.15, 0.2) is 0 Å². The Morgan fingerprint density at radius 2 is 1.90 bits per heavy atom. The summed E-state index contributed by atoms with van der Waals surface area (Å²) in [6.07, 6.45) is 12.0. The fraction of sp³-hybridized carbons (Fsp3) is 0.895. The van der Waals surface area contributed by atoms with Gasteiger partial charge in [-0.15, -0.1) is 6.58 Å². The van der Waals surface area contributed by atoms with Crippen molar-refractivity contribution in [2.24, 2.45) is 22.7 Å². The summed E-state index contributed by atoms with van der Waals surface area (Å²) >= 11 is 0. The molecule has 0 saturated heterocycles. The zero-order valence-electron chi connectivity index (χ0n) is 14.0. The summed E-state index contributed by atoms with van der Waals surface area (Å²) < 4.78 is 0. The highest BCUT2D eigenvalue weighted by atomic mass is 16.3. The van der Waals surface area contributed by atoms with Gasteiger partial charge in [-0.3, -0.25) is 0 Å². The first-order valence-electron chi connectivity index (χ1n) is 8.57. The standard InChI is InChI=1S/C19H34O/c1-6-18(4,20)14-11-15-9-7-10-16-17(2,3)12-8-13-19(15,16)5/h6,15-16,20H,1,7-14H2,2-5H3/t15-,16+,18-,19-/m0/s1. The van der Waals surface area contributed by atoms with Gasteiger partial charge >= 0.3 is 0 Å². The summed E-state index contributed by atoms with van der Waals surface area (Å²) in [7, 11) is 0.